The van der Waals surface area contributed by atoms with E-state index in [1.54, 1.807) is 5.06 Å². The van der Waals surface area contributed by atoms with Gasteiger partial charge in [-0.15, -0.1) is 5.06 Å². The largest absolute Gasteiger partial charge is 0.368 e. The number of hydrogen-bond acceptors (Lipinski definition) is 3. The number of hydrogen-bond donors (Lipinski definition) is 0. The maximum absolute atomic E-state index is 10.7. The number of hydroxylamine groups is 2. The van der Waals surface area contributed by atoms with Crippen molar-refractivity contribution in [1.82, 2.24) is 5.06 Å². The van der Waals surface area contributed by atoms with Gasteiger partial charge in [0.25, 0.3) is 0 Å². The smallest absolute Gasteiger partial charge is 0.329 e. The summed E-state index contributed by atoms with van der Waals surface area (Å²) < 4.78 is 0. The minimum absolute atomic E-state index is 0.0601. The van der Waals surface area contributed by atoms with Crippen LogP contribution in [0.25, 0.3) is 0 Å². The van der Waals surface area contributed by atoms with Crippen LogP contribution in [-0.4, -0.2) is 24.1 Å². The van der Waals surface area contributed by atoms with E-state index < -0.39 is 0 Å². The van der Waals surface area contributed by atoms with Gasteiger partial charge in [-0.05, 0) is 6.92 Å². The third-order valence-electron chi connectivity index (χ3n) is 1.45. The van der Waals surface area contributed by atoms with Crippen molar-refractivity contribution < 1.29 is 9.63 Å². The monoisotopic (exact) mass is 129 g/mol. The first-order chi connectivity index (χ1) is 4.24. The van der Waals surface area contributed by atoms with Crippen molar-refractivity contribution in [2.75, 3.05) is 13.1 Å². The second-order valence-electron chi connectivity index (χ2n) is 2.29. The zero-order valence-electron chi connectivity index (χ0n) is 5.76. The summed E-state index contributed by atoms with van der Waals surface area (Å²) >= 11 is 0. The van der Waals surface area contributed by atoms with Gasteiger partial charge in [-0.1, -0.05) is 6.92 Å². The normalized spacial score (nSPS) is 28.7. The van der Waals surface area contributed by atoms with E-state index in [0.29, 0.717) is 0 Å². The third-order valence-corrected chi connectivity index (χ3v) is 1.45. The van der Waals surface area contributed by atoms with Crippen LogP contribution in [0.3, 0.4) is 0 Å². The molecule has 1 atom stereocenters. The van der Waals surface area contributed by atoms with Crippen LogP contribution in [0.1, 0.15) is 13.8 Å². The fraction of sp³-hybridized carbons (Fsp3) is 0.833. The van der Waals surface area contributed by atoms with Gasteiger partial charge in [-0.3, -0.25) is 4.79 Å². The van der Waals surface area contributed by atoms with Crippen molar-refractivity contribution in [3.05, 3.63) is 0 Å². The van der Waals surface area contributed by atoms with Crippen LogP contribution < -0.4 is 0 Å². The molecule has 9 heavy (non-hydrogen) atoms. The van der Waals surface area contributed by atoms with E-state index in [0.717, 1.165) is 13.1 Å². The summed E-state index contributed by atoms with van der Waals surface area (Å²) in [6.45, 7) is 5.37. The lowest BCUT2D eigenvalue weighted by Crippen LogP contribution is -2.17. The average molecular weight is 129 g/mol. The highest BCUT2D eigenvalue weighted by Gasteiger charge is 2.27. The molecule has 1 aliphatic heterocycles. The predicted octanol–water partition coefficient (Wildman–Crippen LogP) is 0.416. The topological polar surface area (TPSA) is 29.5 Å². The summed E-state index contributed by atoms with van der Waals surface area (Å²) in [5, 5.41) is 1.67. The standard InChI is InChI=1S/C6H11NO2/c1-3-7-4-5(2)6(8)9-7/h5H,3-4H2,1-2H3. The molecule has 0 aromatic heterocycles. The van der Waals surface area contributed by atoms with Crippen molar-refractivity contribution in [3.63, 3.8) is 0 Å². The summed E-state index contributed by atoms with van der Waals surface area (Å²) in [6.07, 6.45) is 0. The highest BCUT2D eigenvalue weighted by molar-refractivity contribution is 5.73. The molecule has 52 valence electrons. The van der Waals surface area contributed by atoms with E-state index in [2.05, 4.69) is 0 Å². The molecule has 3 nitrogen and oxygen atoms in total. The third kappa shape index (κ3) is 1.21. The van der Waals surface area contributed by atoms with Crippen molar-refractivity contribution >= 4 is 5.97 Å². The van der Waals surface area contributed by atoms with Gasteiger partial charge >= 0.3 is 5.97 Å². The minimum atomic E-state index is -0.100. The Morgan fingerprint density at radius 3 is 2.78 bits per heavy atom. The van der Waals surface area contributed by atoms with Crippen molar-refractivity contribution in [1.29, 1.82) is 0 Å². The van der Waals surface area contributed by atoms with E-state index in [4.69, 9.17) is 4.84 Å². The number of rotatable bonds is 1. The lowest BCUT2D eigenvalue weighted by molar-refractivity contribution is -0.169. The molecule has 0 spiro atoms. The Morgan fingerprint density at radius 1 is 1.89 bits per heavy atom. The van der Waals surface area contributed by atoms with Crippen LogP contribution in [0.4, 0.5) is 0 Å². The highest BCUT2D eigenvalue weighted by atomic mass is 16.7. The molecule has 1 fully saturated rings. The van der Waals surface area contributed by atoms with Crippen molar-refractivity contribution in [2.45, 2.75) is 13.8 Å². The van der Waals surface area contributed by atoms with Gasteiger partial charge in [0.2, 0.25) is 0 Å². The van der Waals surface area contributed by atoms with Crippen LogP contribution >= 0.6 is 0 Å². The summed E-state index contributed by atoms with van der Waals surface area (Å²) in [6, 6.07) is 0. The lowest BCUT2D eigenvalue weighted by atomic mass is 10.2. The van der Waals surface area contributed by atoms with Crippen LogP contribution in [0.2, 0.25) is 0 Å². The summed E-state index contributed by atoms with van der Waals surface area (Å²) in [5.41, 5.74) is 0. The van der Waals surface area contributed by atoms with E-state index in [-0.39, 0.29) is 11.9 Å². The first kappa shape index (κ1) is 6.55. The summed E-state index contributed by atoms with van der Waals surface area (Å²) in [7, 11) is 0. The Kier molecular flexibility index (Phi) is 1.71. The lowest BCUT2D eigenvalue weighted by Gasteiger charge is -2.07. The van der Waals surface area contributed by atoms with Gasteiger partial charge in [-0.2, -0.15) is 0 Å². The number of carbonyl (C=O) groups is 1. The second kappa shape index (κ2) is 2.35. The second-order valence-corrected chi connectivity index (χ2v) is 2.29. The highest BCUT2D eigenvalue weighted by Crippen LogP contribution is 2.11. The zero-order valence-corrected chi connectivity index (χ0v) is 5.76. The molecule has 0 radical (unpaired) electrons. The molecular weight excluding hydrogens is 118 g/mol. The molecule has 3 heteroatoms. The summed E-state index contributed by atoms with van der Waals surface area (Å²) in [4.78, 5) is 15.5. The first-order valence-electron chi connectivity index (χ1n) is 3.20. The Balaban J connectivity index is 2.44. The molecule has 0 bridgehead atoms. The quantitative estimate of drug-likeness (QED) is 0.513. The van der Waals surface area contributed by atoms with E-state index >= 15 is 0 Å². The van der Waals surface area contributed by atoms with Gasteiger partial charge in [0, 0.05) is 13.1 Å². The Hall–Kier alpha value is -0.570. The van der Waals surface area contributed by atoms with Gasteiger partial charge in [0.1, 0.15) is 0 Å². The molecule has 0 aromatic rings. The van der Waals surface area contributed by atoms with Gasteiger partial charge < -0.3 is 4.84 Å². The zero-order chi connectivity index (χ0) is 6.85. The molecule has 1 saturated heterocycles. The molecule has 0 N–H and O–H groups in total. The van der Waals surface area contributed by atoms with Crippen LogP contribution in [0, 0.1) is 5.92 Å². The van der Waals surface area contributed by atoms with E-state index in [9.17, 15) is 4.79 Å². The maximum atomic E-state index is 10.7. The van der Waals surface area contributed by atoms with Crippen LogP contribution in [0.5, 0.6) is 0 Å². The SMILES string of the molecule is CCN1CC(C)C(=O)O1. The molecule has 0 amide bonds. The fourth-order valence-electron chi connectivity index (χ4n) is 0.828. The Bertz CT molecular complexity index is 124. The van der Waals surface area contributed by atoms with Gasteiger partial charge in [0.15, 0.2) is 0 Å². The molecule has 1 aliphatic rings. The van der Waals surface area contributed by atoms with Crippen molar-refractivity contribution in [2.24, 2.45) is 5.92 Å². The molecule has 0 saturated carbocycles. The Morgan fingerprint density at radius 2 is 2.56 bits per heavy atom. The van der Waals surface area contributed by atoms with Crippen LogP contribution in [-0.2, 0) is 9.63 Å². The van der Waals surface area contributed by atoms with Crippen molar-refractivity contribution in [3.8, 4) is 0 Å². The average Bonchev–Trinajstić information content (AvgIpc) is 2.13. The predicted molar refractivity (Wildman–Crippen MR) is 32.5 cm³/mol. The van der Waals surface area contributed by atoms with Crippen LogP contribution in [0.15, 0.2) is 0 Å². The molecule has 1 unspecified atom stereocenters. The first-order valence-corrected chi connectivity index (χ1v) is 3.20. The molecule has 1 heterocycles. The Labute approximate surface area is 54.5 Å². The number of nitrogens with zero attached hydrogens (tertiary/aromatic N) is 1. The molecule has 0 aromatic carbocycles. The number of carbonyl (C=O) groups excluding carboxylic acids is 1. The maximum Gasteiger partial charge on any atom is 0.329 e. The molecule has 0 aliphatic carbocycles. The molecular formula is C6H11NO2. The fourth-order valence-corrected chi connectivity index (χ4v) is 0.828. The van der Waals surface area contributed by atoms with Gasteiger partial charge in [-0.25, -0.2) is 0 Å². The molecule has 1 rings (SSSR count). The van der Waals surface area contributed by atoms with E-state index in [1.165, 1.54) is 0 Å². The van der Waals surface area contributed by atoms with E-state index in [1.807, 2.05) is 13.8 Å². The summed E-state index contributed by atoms with van der Waals surface area (Å²) in [5.74, 6) is -0.0400. The minimum Gasteiger partial charge on any atom is -0.368 e. The van der Waals surface area contributed by atoms with Gasteiger partial charge in [0.05, 0.1) is 5.92 Å².